The van der Waals surface area contributed by atoms with Crippen LogP contribution in [0.5, 0.6) is 11.5 Å². The number of aliphatic hydroxyl groups excluding tert-OH is 1. The van der Waals surface area contributed by atoms with Crippen molar-refractivity contribution in [1.82, 2.24) is 9.88 Å². The molecule has 1 atom stereocenters. The van der Waals surface area contributed by atoms with Crippen molar-refractivity contribution in [3.63, 3.8) is 0 Å². The van der Waals surface area contributed by atoms with Gasteiger partial charge in [-0.15, -0.1) is 0 Å². The Morgan fingerprint density at radius 1 is 1.07 bits per heavy atom. The molecule has 0 fully saturated rings. The normalized spacial score (nSPS) is 12.3. The smallest absolute Gasteiger partial charge is 0.161 e. The van der Waals surface area contributed by atoms with E-state index in [2.05, 4.69) is 60.3 Å². The average Bonchev–Trinajstić information content (AvgIpc) is 3.17. The first-order chi connectivity index (χ1) is 14.6. The Bertz CT molecular complexity index is 935. The van der Waals surface area contributed by atoms with Crippen LogP contribution in [0.4, 0.5) is 0 Å². The fourth-order valence-corrected chi connectivity index (χ4v) is 3.76. The van der Waals surface area contributed by atoms with Crippen molar-refractivity contribution >= 4 is 10.9 Å². The van der Waals surface area contributed by atoms with Crippen LogP contribution in [0.3, 0.4) is 0 Å². The third-order valence-electron chi connectivity index (χ3n) is 5.42. The fourth-order valence-electron chi connectivity index (χ4n) is 3.76. The summed E-state index contributed by atoms with van der Waals surface area (Å²) in [5, 5.41) is 13.8. The maximum atomic E-state index is 9.05. The molecular formula is C25H34N2O3. The zero-order chi connectivity index (χ0) is 21.3. The number of hydrogen-bond acceptors (Lipinski definition) is 4. The Morgan fingerprint density at radius 3 is 2.67 bits per heavy atom. The summed E-state index contributed by atoms with van der Waals surface area (Å²) in [5.74, 6) is 1.59. The van der Waals surface area contributed by atoms with E-state index in [0.29, 0.717) is 12.6 Å². The maximum Gasteiger partial charge on any atom is 0.161 e. The summed E-state index contributed by atoms with van der Waals surface area (Å²) < 4.78 is 13.6. The summed E-state index contributed by atoms with van der Waals surface area (Å²) in [6, 6.07) is 15.3. The first-order valence-electron chi connectivity index (χ1n) is 10.9. The molecule has 30 heavy (non-hydrogen) atoms. The van der Waals surface area contributed by atoms with Crippen molar-refractivity contribution in [3.05, 3.63) is 59.8 Å². The Hall–Kier alpha value is -2.50. The highest BCUT2D eigenvalue weighted by molar-refractivity contribution is 5.80. The van der Waals surface area contributed by atoms with Crippen LogP contribution >= 0.6 is 0 Å². The second kappa shape index (κ2) is 11.0. The third-order valence-corrected chi connectivity index (χ3v) is 5.42. The van der Waals surface area contributed by atoms with Crippen LogP contribution in [0.2, 0.25) is 0 Å². The van der Waals surface area contributed by atoms with E-state index in [1.54, 1.807) is 7.11 Å². The van der Waals surface area contributed by atoms with Crippen LogP contribution in [0.1, 0.15) is 31.4 Å². The summed E-state index contributed by atoms with van der Waals surface area (Å²) in [6.45, 7) is 6.78. The predicted molar refractivity (Wildman–Crippen MR) is 123 cm³/mol. The molecule has 0 radical (unpaired) electrons. The molecule has 0 aliphatic rings. The van der Waals surface area contributed by atoms with E-state index in [1.165, 1.54) is 22.0 Å². The third kappa shape index (κ3) is 5.77. The molecule has 1 heterocycles. The summed E-state index contributed by atoms with van der Waals surface area (Å²) in [7, 11) is 1.68. The summed E-state index contributed by atoms with van der Waals surface area (Å²) >= 11 is 0. The lowest BCUT2D eigenvalue weighted by atomic mass is 10.1. The van der Waals surface area contributed by atoms with Crippen LogP contribution in [0, 0.1) is 0 Å². The molecule has 0 saturated heterocycles. The molecule has 1 aromatic heterocycles. The molecule has 2 aromatic carbocycles. The maximum absolute atomic E-state index is 9.05. The van der Waals surface area contributed by atoms with E-state index in [9.17, 15) is 0 Å². The van der Waals surface area contributed by atoms with Crippen LogP contribution in [-0.2, 0) is 19.4 Å². The lowest BCUT2D eigenvalue weighted by Crippen LogP contribution is -2.31. The number of methoxy groups -OCH3 is 1. The van der Waals surface area contributed by atoms with Crippen molar-refractivity contribution in [2.75, 3.05) is 26.9 Å². The molecule has 0 aliphatic heterocycles. The molecule has 3 rings (SSSR count). The molecule has 0 spiro atoms. The zero-order valence-corrected chi connectivity index (χ0v) is 18.4. The van der Waals surface area contributed by atoms with E-state index in [0.717, 1.165) is 43.9 Å². The number of aromatic nitrogens is 1. The monoisotopic (exact) mass is 410 g/mol. The Morgan fingerprint density at radius 2 is 1.90 bits per heavy atom. The minimum atomic E-state index is 0.224. The number of rotatable bonds is 12. The molecule has 3 aromatic rings. The molecule has 0 bridgehead atoms. The first-order valence-corrected chi connectivity index (χ1v) is 10.9. The Kier molecular flexibility index (Phi) is 8.17. The average molecular weight is 411 g/mol. The SMILES string of the molecule is CCc1ccc(OCCN[C@H](C)Cc2ccc3c(ccn3CCCO)c2)c(OC)c1. The molecular weight excluding hydrogens is 376 g/mol. The standard InChI is InChI=1S/C25H34N2O3/c1-4-20-7-9-24(25(18-20)29-3)30-15-11-26-19(2)16-21-6-8-23-22(17-21)10-13-27(23)12-5-14-28/h6-10,13,17-19,26,28H,4-5,11-12,14-16H2,1-3H3/t19-/m1/s1. The van der Waals surface area contributed by atoms with Gasteiger partial charge in [-0.25, -0.2) is 0 Å². The molecule has 162 valence electrons. The zero-order valence-electron chi connectivity index (χ0n) is 18.4. The number of fused-ring (bicyclic) bond motifs is 1. The van der Waals surface area contributed by atoms with Crippen molar-refractivity contribution < 1.29 is 14.6 Å². The van der Waals surface area contributed by atoms with Crippen LogP contribution < -0.4 is 14.8 Å². The minimum Gasteiger partial charge on any atom is -0.493 e. The number of aliphatic hydroxyl groups is 1. The van der Waals surface area contributed by atoms with Gasteiger partial charge in [0.15, 0.2) is 11.5 Å². The molecule has 0 saturated carbocycles. The highest BCUT2D eigenvalue weighted by Crippen LogP contribution is 2.28. The van der Waals surface area contributed by atoms with Crippen LogP contribution in [0.15, 0.2) is 48.7 Å². The Balaban J connectivity index is 1.47. The number of nitrogens with one attached hydrogen (secondary N) is 1. The molecule has 2 N–H and O–H groups in total. The van der Waals surface area contributed by atoms with E-state index < -0.39 is 0 Å². The van der Waals surface area contributed by atoms with E-state index >= 15 is 0 Å². The highest BCUT2D eigenvalue weighted by Gasteiger charge is 2.08. The second-order valence-electron chi connectivity index (χ2n) is 7.73. The number of aryl methyl sites for hydroxylation is 2. The predicted octanol–water partition coefficient (Wildman–Crippen LogP) is 4.19. The second-order valence-corrected chi connectivity index (χ2v) is 7.73. The number of ether oxygens (including phenoxy) is 2. The largest absolute Gasteiger partial charge is 0.493 e. The number of hydrogen-bond donors (Lipinski definition) is 2. The molecule has 5 nitrogen and oxygen atoms in total. The van der Waals surface area contributed by atoms with Gasteiger partial charge in [0.25, 0.3) is 0 Å². The topological polar surface area (TPSA) is 55.7 Å². The van der Waals surface area contributed by atoms with Gasteiger partial charge in [0.2, 0.25) is 0 Å². The van der Waals surface area contributed by atoms with E-state index in [1.807, 2.05) is 12.1 Å². The molecule has 5 heteroatoms. The summed E-state index contributed by atoms with van der Waals surface area (Å²) in [6.07, 6.45) is 4.83. The van der Waals surface area contributed by atoms with Gasteiger partial charge in [-0.05, 0) is 73.0 Å². The van der Waals surface area contributed by atoms with Crippen molar-refractivity contribution in [2.24, 2.45) is 0 Å². The lowest BCUT2D eigenvalue weighted by Gasteiger charge is -2.16. The van der Waals surface area contributed by atoms with Crippen molar-refractivity contribution in [2.45, 2.75) is 45.7 Å². The van der Waals surface area contributed by atoms with Gasteiger partial charge >= 0.3 is 0 Å². The minimum absolute atomic E-state index is 0.224. The summed E-state index contributed by atoms with van der Waals surface area (Å²) in [5.41, 5.74) is 3.79. The van der Waals surface area contributed by atoms with Gasteiger partial charge in [-0.2, -0.15) is 0 Å². The van der Waals surface area contributed by atoms with Gasteiger partial charge in [0.05, 0.1) is 7.11 Å². The van der Waals surface area contributed by atoms with Gasteiger partial charge in [-0.3, -0.25) is 0 Å². The number of nitrogens with zero attached hydrogens (tertiary/aromatic N) is 1. The molecule has 0 amide bonds. The van der Waals surface area contributed by atoms with E-state index in [4.69, 9.17) is 14.6 Å². The van der Waals surface area contributed by atoms with Crippen LogP contribution in [-0.4, -0.2) is 42.6 Å². The quantitative estimate of drug-likeness (QED) is 0.440. The summed E-state index contributed by atoms with van der Waals surface area (Å²) in [4.78, 5) is 0. The van der Waals surface area contributed by atoms with E-state index in [-0.39, 0.29) is 6.61 Å². The van der Waals surface area contributed by atoms with Gasteiger partial charge in [0.1, 0.15) is 6.61 Å². The van der Waals surface area contributed by atoms with Gasteiger partial charge in [0, 0.05) is 37.5 Å². The lowest BCUT2D eigenvalue weighted by molar-refractivity contribution is 0.280. The van der Waals surface area contributed by atoms with Crippen molar-refractivity contribution in [1.29, 1.82) is 0 Å². The Labute approximate surface area is 179 Å². The molecule has 0 unspecified atom stereocenters. The number of benzene rings is 2. The first kappa shape index (κ1) is 22.2. The molecule has 0 aliphatic carbocycles. The van der Waals surface area contributed by atoms with Gasteiger partial charge in [-0.1, -0.05) is 19.1 Å². The fraction of sp³-hybridized carbons (Fsp3) is 0.440. The highest BCUT2D eigenvalue weighted by atomic mass is 16.5. The van der Waals surface area contributed by atoms with Crippen molar-refractivity contribution in [3.8, 4) is 11.5 Å². The van der Waals surface area contributed by atoms with Gasteiger partial charge < -0.3 is 24.5 Å². The van der Waals surface area contributed by atoms with Crippen LogP contribution in [0.25, 0.3) is 10.9 Å².